The quantitative estimate of drug-likeness (QED) is 0.805. The van der Waals surface area contributed by atoms with Crippen LogP contribution in [0.15, 0.2) is 64.0 Å². The van der Waals surface area contributed by atoms with Crippen LogP contribution >= 0.6 is 15.9 Å². The summed E-state index contributed by atoms with van der Waals surface area (Å²) in [6.45, 7) is 1.64. The molecule has 0 amide bonds. The van der Waals surface area contributed by atoms with E-state index in [-0.39, 0.29) is 4.90 Å². The smallest absolute Gasteiger partial charge is 0.333 e. The van der Waals surface area contributed by atoms with Crippen molar-refractivity contribution in [2.45, 2.75) is 17.7 Å². The molecule has 2 rings (SSSR count). The molecule has 0 heterocycles. The van der Waals surface area contributed by atoms with Crippen molar-refractivity contribution < 1.29 is 18.0 Å². The third kappa shape index (κ3) is 3.94. The molecule has 1 N–H and O–H groups in total. The van der Waals surface area contributed by atoms with Gasteiger partial charge in [0.2, 0.25) is 0 Å². The number of carbonyl (C=O) groups is 1. The maximum absolute atomic E-state index is 12.1. The molecular formula is C15H14BrNO4S. The van der Waals surface area contributed by atoms with Crippen LogP contribution < -0.4 is 4.89 Å². The average Bonchev–Trinajstić information content (AvgIpc) is 2.53. The third-order valence-electron chi connectivity index (χ3n) is 3.03. The SMILES string of the molecule is CC(C(=O)ONS(=O)(=O)c1ccccc1Br)c1ccccc1. The molecular weight excluding hydrogens is 370 g/mol. The number of hydrogen-bond donors (Lipinski definition) is 1. The summed E-state index contributed by atoms with van der Waals surface area (Å²) < 4.78 is 24.6. The number of nitrogens with one attached hydrogen (secondary N) is 1. The Kier molecular flexibility index (Phi) is 5.33. The van der Waals surface area contributed by atoms with Crippen LogP contribution in [0.2, 0.25) is 0 Å². The maximum atomic E-state index is 12.1. The number of carbonyl (C=O) groups excluding carboxylic acids is 1. The van der Waals surface area contributed by atoms with E-state index in [4.69, 9.17) is 4.84 Å². The Labute approximate surface area is 137 Å². The van der Waals surface area contributed by atoms with Crippen LogP contribution in [0.3, 0.4) is 0 Å². The number of sulfonamides is 1. The maximum Gasteiger partial charge on any atom is 0.333 e. The second kappa shape index (κ2) is 7.04. The Hall–Kier alpha value is -1.70. The molecule has 22 heavy (non-hydrogen) atoms. The monoisotopic (exact) mass is 383 g/mol. The number of benzene rings is 2. The van der Waals surface area contributed by atoms with E-state index in [1.807, 2.05) is 11.0 Å². The van der Waals surface area contributed by atoms with Crippen LogP contribution in [0.5, 0.6) is 0 Å². The highest BCUT2D eigenvalue weighted by Gasteiger charge is 2.22. The van der Waals surface area contributed by atoms with Crippen LogP contribution in [-0.4, -0.2) is 14.4 Å². The summed E-state index contributed by atoms with van der Waals surface area (Å²) in [6, 6.07) is 15.2. The third-order valence-corrected chi connectivity index (χ3v) is 5.22. The van der Waals surface area contributed by atoms with E-state index in [1.165, 1.54) is 6.07 Å². The van der Waals surface area contributed by atoms with E-state index in [1.54, 1.807) is 49.4 Å². The predicted molar refractivity (Wildman–Crippen MR) is 85.4 cm³/mol. The molecule has 0 aliphatic rings. The molecule has 0 saturated carbocycles. The molecule has 7 heteroatoms. The molecule has 1 atom stereocenters. The van der Waals surface area contributed by atoms with E-state index in [2.05, 4.69) is 15.9 Å². The summed E-state index contributed by atoms with van der Waals surface area (Å²) in [5, 5.41) is 0. The number of hydrogen-bond acceptors (Lipinski definition) is 4. The lowest BCUT2D eigenvalue weighted by molar-refractivity contribution is -0.148. The predicted octanol–water partition coefficient (Wildman–Crippen LogP) is 2.99. The lowest BCUT2D eigenvalue weighted by Gasteiger charge is -2.12. The molecule has 0 radical (unpaired) electrons. The van der Waals surface area contributed by atoms with Gasteiger partial charge in [0.25, 0.3) is 10.0 Å². The van der Waals surface area contributed by atoms with Crippen molar-refractivity contribution in [3.05, 3.63) is 64.6 Å². The summed E-state index contributed by atoms with van der Waals surface area (Å²) in [5.41, 5.74) is 0.743. The van der Waals surface area contributed by atoms with Gasteiger partial charge in [0.05, 0.1) is 10.8 Å². The number of halogens is 1. The van der Waals surface area contributed by atoms with Gasteiger partial charge in [0.15, 0.2) is 0 Å². The van der Waals surface area contributed by atoms with Crippen molar-refractivity contribution in [1.82, 2.24) is 4.89 Å². The van der Waals surface area contributed by atoms with E-state index in [0.717, 1.165) is 5.56 Å². The van der Waals surface area contributed by atoms with Gasteiger partial charge >= 0.3 is 5.97 Å². The van der Waals surface area contributed by atoms with Crippen LogP contribution in [-0.2, 0) is 19.7 Å². The molecule has 5 nitrogen and oxygen atoms in total. The average molecular weight is 384 g/mol. The highest BCUT2D eigenvalue weighted by Crippen LogP contribution is 2.21. The fourth-order valence-corrected chi connectivity index (χ4v) is 3.56. The zero-order valence-electron chi connectivity index (χ0n) is 11.7. The Balaban J connectivity index is 2.06. The summed E-state index contributed by atoms with van der Waals surface area (Å²) in [7, 11) is -3.94. The summed E-state index contributed by atoms with van der Waals surface area (Å²) in [4.78, 5) is 18.5. The molecule has 0 aliphatic carbocycles. The van der Waals surface area contributed by atoms with Crippen molar-refractivity contribution in [2.24, 2.45) is 0 Å². The van der Waals surface area contributed by atoms with Crippen molar-refractivity contribution in [2.75, 3.05) is 0 Å². The standard InChI is InChI=1S/C15H14BrNO4S/c1-11(12-7-3-2-4-8-12)15(18)21-17-22(19,20)14-10-6-5-9-13(14)16/h2-11,17H,1H3. The van der Waals surface area contributed by atoms with Gasteiger partial charge in [-0.3, -0.25) is 0 Å². The molecule has 2 aromatic carbocycles. The molecule has 2 aromatic rings. The van der Waals surface area contributed by atoms with Crippen LogP contribution in [0.1, 0.15) is 18.4 Å². The van der Waals surface area contributed by atoms with Crippen molar-refractivity contribution in [3.63, 3.8) is 0 Å². The first kappa shape index (κ1) is 16.7. The first-order chi connectivity index (χ1) is 10.4. The zero-order chi connectivity index (χ0) is 16.2. The number of rotatable bonds is 5. The van der Waals surface area contributed by atoms with E-state index < -0.39 is 21.9 Å². The molecule has 0 bridgehead atoms. The highest BCUT2D eigenvalue weighted by molar-refractivity contribution is 9.10. The molecule has 116 valence electrons. The molecule has 0 aromatic heterocycles. The minimum absolute atomic E-state index is 0.00448. The lowest BCUT2D eigenvalue weighted by Crippen LogP contribution is -2.29. The summed E-state index contributed by atoms with van der Waals surface area (Å²) >= 11 is 3.15. The van der Waals surface area contributed by atoms with Gasteiger partial charge in [0, 0.05) is 4.47 Å². The molecule has 0 saturated heterocycles. The van der Waals surface area contributed by atoms with Crippen LogP contribution in [0.4, 0.5) is 0 Å². The Morgan fingerprint density at radius 1 is 1.09 bits per heavy atom. The lowest BCUT2D eigenvalue weighted by atomic mass is 10.0. The van der Waals surface area contributed by atoms with Crippen molar-refractivity contribution in [3.8, 4) is 0 Å². The summed E-state index contributed by atoms with van der Waals surface area (Å²) in [6.07, 6.45) is 0. The van der Waals surface area contributed by atoms with Gasteiger partial charge in [-0.05, 0) is 45.4 Å². The Morgan fingerprint density at radius 2 is 1.68 bits per heavy atom. The van der Waals surface area contributed by atoms with Gasteiger partial charge in [-0.25, -0.2) is 13.2 Å². The second-order valence-electron chi connectivity index (χ2n) is 4.57. The van der Waals surface area contributed by atoms with E-state index in [0.29, 0.717) is 4.47 Å². The first-order valence-corrected chi connectivity index (χ1v) is 8.71. The van der Waals surface area contributed by atoms with Crippen molar-refractivity contribution >= 4 is 31.9 Å². The molecule has 0 spiro atoms. The van der Waals surface area contributed by atoms with Gasteiger partial charge in [-0.2, -0.15) is 0 Å². The first-order valence-electron chi connectivity index (χ1n) is 6.44. The fourth-order valence-electron chi connectivity index (χ4n) is 1.77. The Morgan fingerprint density at radius 3 is 2.32 bits per heavy atom. The Bertz CT molecular complexity index is 762. The normalized spacial score (nSPS) is 12.6. The van der Waals surface area contributed by atoms with E-state index >= 15 is 0 Å². The van der Waals surface area contributed by atoms with Gasteiger partial charge < -0.3 is 4.84 Å². The highest BCUT2D eigenvalue weighted by atomic mass is 79.9. The minimum Gasteiger partial charge on any atom is -0.355 e. The molecule has 0 aliphatic heterocycles. The van der Waals surface area contributed by atoms with Gasteiger partial charge in [0.1, 0.15) is 0 Å². The van der Waals surface area contributed by atoms with Crippen LogP contribution in [0, 0.1) is 0 Å². The fraction of sp³-hybridized carbons (Fsp3) is 0.133. The molecule has 1 unspecified atom stereocenters. The van der Waals surface area contributed by atoms with Crippen molar-refractivity contribution in [1.29, 1.82) is 0 Å². The topological polar surface area (TPSA) is 72.5 Å². The largest absolute Gasteiger partial charge is 0.355 e. The second-order valence-corrected chi connectivity index (χ2v) is 7.04. The summed E-state index contributed by atoms with van der Waals surface area (Å²) in [5.74, 6) is -1.26. The van der Waals surface area contributed by atoms with Gasteiger partial charge in [-0.1, -0.05) is 42.5 Å². The minimum atomic E-state index is -3.94. The van der Waals surface area contributed by atoms with E-state index in [9.17, 15) is 13.2 Å². The molecule has 0 fully saturated rings. The van der Waals surface area contributed by atoms with Crippen LogP contribution in [0.25, 0.3) is 0 Å². The van der Waals surface area contributed by atoms with Gasteiger partial charge in [-0.15, -0.1) is 0 Å². The zero-order valence-corrected chi connectivity index (χ0v) is 14.1.